The quantitative estimate of drug-likeness (QED) is 0.611. The third-order valence-corrected chi connectivity index (χ3v) is 2.31. The van der Waals surface area contributed by atoms with Crippen LogP contribution in [0.2, 0.25) is 0 Å². The van der Waals surface area contributed by atoms with E-state index in [0.717, 1.165) is 5.76 Å². The summed E-state index contributed by atoms with van der Waals surface area (Å²) in [5.41, 5.74) is 0. The Kier molecular flexibility index (Phi) is 5.92. The van der Waals surface area contributed by atoms with Crippen molar-refractivity contribution >= 4 is 11.9 Å². The van der Waals surface area contributed by atoms with Crippen LogP contribution in [0, 0.1) is 0 Å². The summed E-state index contributed by atoms with van der Waals surface area (Å²) >= 11 is 0. The first-order valence-electron chi connectivity index (χ1n) is 6.26. The van der Waals surface area contributed by atoms with E-state index < -0.39 is 0 Å². The average Bonchev–Trinajstić information content (AvgIpc) is 2.84. The second kappa shape index (κ2) is 7.45. The zero-order valence-electron chi connectivity index (χ0n) is 11.9. The molecule has 0 saturated heterocycles. The van der Waals surface area contributed by atoms with Gasteiger partial charge in [-0.3, -0.25) is 4.79 Å². The number of carbonyl (C=O) groups excluding carboxylic acids is 1. The number of carbonyl (C=O) groups is 1. The Morgan fingerprint density at radius 2 is 2.21 bits per heavy atom. The Balaban J connectivity index is 2.55. The van der Waals surface area contributed by atoms with Gasteiger partial charge >= 0.3 is 0 Å². The molecule has 0 aromatic carbocycles. The third-order valence-electron chi connectivity index (χ3n) is 2.31. The van der Waals surface area contributed by atoms with Gasteiger partial charge in [0, 0.05) is 20.1 Å². The maximum absolute atomic E-state index is 11.5. The van der Waals surface area contributed by atoms with E-state index in [1.165, 1.54) is 4.90 Å². The molecule has 0 radical (unpaired) electrons. The fourth-order valence-electron chi connectivity index (χ4n) is 1.30. The number of hydrogen-bond donors (Lipinski definition) is 2. The molecule has 1 aromatic heterocycles. The van der Waals surface area contributed by atoms with Gasteiger partial charge in [-0.1, -0.05) is 0 Å². The van der Waals surface area contributed by atoms with Crippen LogP contribution in [0.1, 0.15) is 19.6 Å². The van der Waals surface area contributed by atoms with Crippen molar-refractivity contribution in [3.05, 3.63) is 24.2 Å². The van der Waals surface area contributed by atoms with Crippen molar-refractivity contribution in [1.29, 1.82) is 0 Å². The highest BCUT2D eigenvalue weighted by Gasteiger charge is 2.06. The molecular formula is C13H22N4O2. The first-order chi connectivity index (χ1) is 8.99. The van der Waals surface area contributed by atoms with Crippen LogP contribution in [0.5, 0.6) is 0 Å². The summed E-state index contributed by atoms with van der Waals surface area (Å²) < 4.78 is 5.23. The molecule has 6 heteroatoms. The molecule has 0 atom stereocenters. The van der Waals surface area contributed by atoms with Crippen LogP contribution in [-0.4, -0.2) is 43.4 Å². The molecule has 1 aromatic rings. The maximum Gasteiger partial charge on any atom is 0.243 e. The van der Waals surface area contributed by atoms with E-state index in [4.69, 9.17) is 4.42 Å². The highest BCUT2D eigenvalue weighted by atomic mass is 16.3. The summed E-state index contributed by atoms with van der Waals surface area (Å²) in [6, 6.07) is 3.95. The van der Waals surface area contributed by atoms with Crippen molar-refractivity contribution in [1.82, 2.24) is 15.5 Å². The summed E-state index contributed by atoms with van der Waals surface area (Å²) in [4.78, 5) is 17.3. The molecule has 0 fully saturated rings. The number of hydrogen-bond acceptors (Lipinski definition) is 3. The van der Waals surface area contributed by atoms with E-state index in [1.807, 2.05) is 26.0 Å². The van der Waals surface area contributed by atoms with Crippen LogP contribution in [0.3, 0.4) is 0 Å². The number of amides is 1. The number of aliphatic imine (C=N–C) groups is 1. The second-order valence-corrected chi connectivity index (χ2v) is 4.68. The molecule has 1 heterocycles. The van der Waals surface area contributed by atoms with Crippen LogP contribution >= 0.6 is 0 Å². The van der Waals surface area contributed by atoms with Gasteiger partial charge in [0.2, 0.25) is 5.91 Å². The Bertz CT molecular complexity index is 410. The van der Waals surface area contributed by atoms with Gasteiger partial charge in [-0.15, -0.1) is 0 Å². The Hall–Kier alpha value is -1.98. The lowest BCUT2D eigenvalue weighted by molar-refractivity contribution is -0.127. The van der Waals surface area contributed by atoms with Crippen LogP contribution in [0.25, 0.3) is 0 Å². The van der Waals surface area contributed by atoms with E-state index in [2.05, 4.69) is 15.6 Å². The fourth-order valence-corrected chi connectivity index (χ4v) is 1.30. The highest BCUT2D eigenvalue weighted by molar-refractivity contribution is 5.84. The number of furan rings is 1. The van der Waals surface area contributed by atoms with Crippen molar-refractivity contribution in [2.45, 2.75) is 26.4 Å². The smallest absolute Gasteiger partial charge is 0.243 e. The van der Waals surface area contributed by atoms with Crippen LogP contribution in [0.15, 0.2) is 27.8 Å². The molecule has 6 nitrogen and oxygen atoms in total. The zero-order valence-corrected chi connectivity index (χ0v) is 11.9. The molecule has 0 aliphatic carbocycles. The minimum absolute atomic E-state index is 0.0390. The van der Waals surface area contributed by atoms with Gasteiger partial charge in [0.15, 0.2) is 5.96 Å². The lowest BCUT2D eigenvalue weighted by Crippen LogP contribution is -2.41. The molecule has 0 unspecified atom stereocenters. The SMILES string of the molecule is CC(C)NC(=NCC(=O)N(C)C)NCc1ccco1. The Labute approximate surface area is 113 Å². The molecule has 2 N–H and O–H groups in total. The average molecular weight is 266 g/mol. The minimum atomic E-state index is -0.0390. The largest absolute Gasteiger partial charge is 0.467 e. The van der Waals surface area contributed by atoms with Gasteiger partial charge in [-0.25, -0.2) is 4.99 Å². The fraction of sp³-hybridized carbons (Fsp3) is 0.538. The molecule has 19 heavy (non-hydrogen) atoms. The van der Waals surface area contributed by atoms with Crippen molar-refractivity contribution in [2.24, 2.45) is 4.99 Å². The predicted molar refractivity (Wildman–Crippen MR) is 74.8 cm³/mol. The third kappa shape index (κ3) is 5.94. The molecule has 0 spiro atoms. The summed E-state index contributed by atoms with van der Waals surface area (Å²) in [6.07, 6.45) is 1.62. The Morgan fingerprint density at radius 1 is 1.47 bits per heavy atom. The van der Waals surface area contributed by atoms with Gasteiger partial charge < -0.3 is 20.0 Å². The molecule has 0 saturated carbocycles. The summed E-state index contributed by atoms with van der Waals surface area (Å²) in [7, 11) is 3.42. The number of guanidine groups is 1. The standard InChI is InChI=1S/C13H22N4O2/c1-10(2)16-13(15-9-12(18)17(3)4)14-8-11-6-5-7-19-11/h5-7,10H,8-9H2,1-4H3,(H2,14,15,16). The Morgan fingerprint density at radius 3 is 2.74 bits per heavy atom. The lowest BCUT2D eigenvalue weighted by atomic mass is 10.4. The molecule has 1 rings (SSSR count). The number of rotatable bonds is 5. The first kappa shape index (κ1) is 15.1. The molecular weight excluding hydrogens is 244 g/mol. The number of nitrogens with zero attached hydrogens (tertiary/aromatic N) is 2. The molecule has 1 amide bonds. The van der Waals surface area contributed by atoms with E-state index in [1.54, 1.807) is 20.4 Å². The topological polar surface area (TPSA) is 69.9 Å². The molecule has 0 aliphatic rings. The normalized spacial score (nSPS) is 11.5. The summed E-state index contributed by atoms with van der Waals surface area (Å²) in [5.74, 6) is 1.38. The van der Waals surface area contributed by atoms with Crippen LogP contribution in [-0.2, 0) is 11.3 Å². The zero-order chi connectivity index (χ0) is 14.3. The van der Waals surface area contributed by atoms with Crippen molar-refractivity contribution in [3.63, 3.8) is 0 Å². The highest BCUT2D eigenvalue weighted by Crippen LogP contribution is 1.98. The summed E-state index contributed by atoms with van der Waals surface area (Å²) in [6.45, 7) is 4.67. The number of likely N-dealkylation sites (N-methyl/N-ethyl adjacent to an activating group) is 1. The van der Waals surface area contributed by atoms with Crippen molar-refractivity contribution < 1.29 is 9.21 Å². The predicted octanol–water partition coefficient (Wildman–Crippen LogP) is 0.811. The van der Waals surface area contributed by atoms with E-state index in [-0.39, 0.29) is 18.5 Å². The second-order valence-electron chi connectivity index (χ2n) is 4.68. The first-order valence-corrected chi connectivity index (χ1v) is 6.26. The van der Waals surface area contributed by atoms with Gasteiger partial charge in [0.05, 0.1) is 12.8 Å². The molecule has 106 valence electrons. The number of nitrogens with one attached hydrogen (secondary N) is 2. The monoisotopic (exact) mass is 266 g/mol. The van der Waals surface area contributed by atoms with Gasteiger partial charge in [0.25, 0.3) is 0 Å². The van der Waals surface area contributed by atoms with E-state index in [0.29, 0.717) is 12.5 Å². The van der Waals surface area contributed by atoms with Crippen molar-refractivity contribution in [3.8, 4) is 0 Å². The van der Waals surface area contributed by atoms with Crippen molar-refractivity contribution in [2.75, 3.05) is 20.6 Å². The summed E-state index contributed by atoms with van der Waals surface area (Å²) in [5, 5.41) is 6.29. The van der Waals surface area contributed by atoms with Gasteiger partial charge in [0.1, 0.15) is 12.3 Å². The molecule has 0 aliphatic heterocycles. The van der Waals surface area contributed by atoms with E-state index >= 15 is 0 Å². The van der Waals surface area contributed by atoms with Gasteiger partial charge in [-0.2, -0.15) is 0 Å². The minimum Gasteiger partial charge on any atom is -0.467 e. The van der Waals surface area contributed by atoms with Crippen LogP contribution < -0.4 is 10.6 Å². The maximum atomic E-state index is 11.5. The van der Waals surface area contributed by atoms with Gasteiger partial charge in [-0.05, 0) is 26.0 Å². The van der Waals surface area contributed by atoms with E-state index in [9.17, 15) is 4.79 Å². The molecule has 0 bridgehead atoms. The van der Waals surface area contributed by atoms with Crippen LogP contribution in [0.4, 0.5) is 0 Å². The lowest BCUT2D eigenvalue weighted by Gasteiger charge is -2.15.